The van der Waals surface area contributed by atoms with Gasteiger partial charge in [-0.3, -0.25) is 57.5 Å². The molecule has 0 aromatic heterocycles. The van der Waals surface area contributed by atoms with Gasteiger partial charge in [0.1, 0.15) is 36.0 Å². The standard InChI is InChI=1S/C87H114N16O16/c88-35-17-13-29-65(81(111)95-67(31-15-19-37-90)83(113)97-68(87(117)118)32-16-20-38-91)94-82(112)66(30-14-18-36-89)96-84(114)73(49-104)93-75(105)44-92-76(106)50-119-74-39-55(85(115)102-45-61(77(107)98-69-40-57(69)51-21-5-1-6-22-51)62(46-102)78(108)99-70-41-58(70)52-23-7-2-8-24-52)33-34-56(74)86(116)103-47-63(79(109)100-71-42-59(71)53-25-9-3-10-26-53)64(48-103)80(110)101-72-43-60(72)54-27-11-4-12-28-54/h1-12,21-28,33-34,39,57-73,104H,13-20,29-32,35-38,40-50,88-91H2,(H,92,106)(H,93,105)(H,94,112)(H,95,111)(H,96,114)(H,97,113)(H,98,107)(H,99,108)(H,100,109)(H,101,110)(H,117,118)/t57-,58-,59-,60-,61-,62-,63-,64-,65+,66+,67+,68+,69+,70+,71+,72+,73+/m1/s1. The summed E-state index contributed by atoms with van der Waals surface area (Å²) in [5.74, 6) is -13.8. The predicted octanol–water partition coefficient (Wildman–Crippen LogP) is 1.26. The first kappa shape index (κ1) is 88.6. The molecule has 4 saturated carbocycles. The van der Waals surface area contributed by atoms with Crippen molar-refractivity contribution in [1.29, 1.82) is 0 Å². The van der Waals surface area contributed by atoms with Crippen LogP contribution >= 0.6 is 0 Å². The molecule has 119 heavy (non-hydrogen) atoms. The van der Waals surface area contributed by atoms with Crippen LogP contribution in [0.5, 0.6) is 5.75 Å². The zero-order valence-electron chi connectivity index (χ0n) is 67.0. The van der Waals surface area contributed by atoms with Gasteiger partial charge in [0.2, 0.25) is 53.2 Å². The molecule has 5 aromatic rings. The molecule has 6 fully saturated rings. The predicted molar refractivity (Wildman–Crippen MR) is 440 cm³/mol. The highest BCUT2D eigenvalue weighted by Gasteiger charge is 2.52. The second-order valence-electron chi connectivity index (χ2n) is 32.1. The number of hydrogen-bond acceptors (Lipinski definition) is 19. The monoisotopic (exact) mass is 1640 g/mol. The summed E-state index contributed by atoms with van der Waals surface area (Å²) in [6.45, 7) is -2.46. The van der Waals surface area contributed by atoms with Gasteiger partial charge in [-0.1, -0.05) is 121 Å². The largest absolute Gasteiger partial charge is 0.483 e. The number of aliphatic hydroxyl groups is 1. The van der Waals surface area contributed by atoms with Gasteiger partial charge in [-0.15, -0.1) is 0 Å². The molecule has 638 valence electrons. The summed E-state index contributed by atoms with van der Waals surface area (Å²) in [6.07, 6.45) is 6.09. The Kier molecular flexibility index (Phi) is 32.0. The highest BCUT2D eigenvalue weighted by molar-refractivity contribution is 6.03. The minimum atomic E-state index is -1.72. The van der Waals surface area contributed by atoms with Crippen molar-refractivity contribution in [2.24, 2.45) is 46.6 Å². The van der Waals surface area contributed by atoms with Gasteiger partial charge in [-0.25, -0.2) is 4.79 Å². The molecule has 20 N–H and O–H groups in total. The third-order valence-corrected chi connectivity index (χ3v) is 23.3. The molecule has 32 heteroatoms. The lowest BCUT2D eigenvalue weighted by Crippen LogP contribution is -2.59. The number of carbonyl (C=O) groups excluding carboxylic acids is 12. The molecule has 2 heterocycles. The van der Waals surface area contributed by atoms with Crippen molar-refractivity contribution >= 4 is 76.9 Å². The molecule has 0 unspecified atom stereocenters. The fourth-order valence-electron chi connectivity index (χ4n) is 16.1. The summed E-state index contributed by atoms with van der Waals surface area (Å²) >= 11 is 0. The summed E-state index contributed by atoms with van der Waals surface area (Å²) in [5, 5.41) is 48.3. The van der Waals surface area contributed by atoms with E-state index in [0.29, 0.717) is 77.2 Å². The number of rotatable bonds is 46. The van der Waals surface area contributed by atoms with Crippen LogP contribution in [0.2, 0.25) is 0 Å². The van der Waals surface area contributed by atoms with Crippen LogP contribution in [-0.2, 0) is 52.7 Å². The lowest BCUT2D eigenvalue weighted by Gasteiger charge is -2.27. The SMILES string of the molecule is NCCCC[C@H](NC(=O)[C@H](CCCCN)NC(=O)[C@H](CCCCN)NC(=O)[C@H](CCCCN)NC(=O)[C@H](CO)NC(=O)CNC(=O)COc1cc(C(=O)N2C[C@@H](C(=O)N[C@H]3C[C@@H]3c3ccccc3)[C@H](C(=O)N[C@H]3C[C@@H]3c3ccccc3)C2)ccc1C(=O)N1C[C@@H](C(=O)N[C@H]2C[C@@H]2c2ccccc2)[C@H](C(=O)N[C@H]2C[C@@H]2c2ccccc2)C1)C(=O)O. The molecule has 2 saturated heterocycles. The molecule has 6 aliphatic rings. The third-order valence-electron chi connectivity index (χ3n) is 23.3. The van der Waals surface area contributed by atoms with Crippen LogP contribution in [0.25, 0.3) is 0 Å². The Morgan fingerprint density at radius 2 is 0.706 bits per heavy atom. The number of hydrogen-bond donors (Lipinski definition) is 16. The molecule has 17 atom stereocenters. The number of likely N-dealkylation sites (tertiary alicyclic amines) is 2. The first-order valence-electron chi connectivity index (χ1n) is 41.8. The number of nitrogens with zero attached hydrogens (tertiary/aromatic N) is 2. The maximum Gasteiger partial charge on any atom is 0.326 e. The van der Waals surface area contributed by atoms with Crippen molar-refractivity contribution in [2.45, 2.75) is 181 Å². The van der Waals surface area contributed by atoms with E-state index in [1.54, 1.807) is 0 Å². The Hall–Kier alpha value is -11.2. The minimum absolute atomic E-state index is 0.0260. The number of amides is 12. The van der Waals surface area contributed by atoms with Crippen molar-refractivity contribution in [2.75, 3.05) is 72.1 Å². The lowest BCUT2D eigenvalue weighted by molar-refractivity contribution is -0.142. The van der Waals surface area contributed by atoms with Gasteiger partial charge < -0.3 is 101 Å². The van der Waals surface area contributed by atoms with Crippen molar-refractivity contribution in [1.82, 2.24) is 63.0 Å². The molecule has 12 amide bonds. The number of benzene rings is 5. The number of carboxylic acid groups (broad SMARTS) is 1. The van der Waals surface area contributed by atoms with Crippen LogP contribution in [0.1, 0.15) is 169 Å². The first-order chi connectivity index (χ1) is 57.6. The normalized spacial score (nSPS) is 23.0. The number of nitrogens with two attached hydrogens (primary N) is 4. The first-order valence-corrected chi connectivity index (χ1v) is 41.8. The average molecular weight is 1640 g/mol. The smallest absolute Gasteiger partial charge is 0.326 e. The maximum atomic E-state index is 15.3. The van der Waals surface area contributed by atoms with Crippen LogP contribution in [0.4, 0.5) is 0 Å². The summed E-state index contributed by atoms with van der Waals surface area (Å²) < 4.78 is 6.18. The van der Waals surface area contributed by atoms with Gasteiger partial charge in [0.15, 0.2) is 6.61 Å². The van der Waals surface area contributed by atoms with E-state index in [4.69, 9.17) is 27.7 Å². The van der Waals surface area contributed by atoms with Gasteiger partial charge in [-0.05, 0) is 169 Å². The van der Waals surface area contributed by atoms with Gasteiger partial charge >= 0.3 is 5.97 Å². The van der Waals surface area contributed by atoms with E-state index in [1.165, 1.54) is 28.0 Å². The van der Waals surface area contributed by atoms with Crippen molar-refractivity contribution in [3.05, 3.63) is 173 Å². The number of carbonyl (C=O) groups is 13. The third kappa shape index (κ3) is 24.7. The van der Waals surface area contributed by atoms with E-state index >= 15 is 9.59 Å². The fraction of sp³-hybridized carbons (Fsp3) is 0.506. The van der Waals surface area contributed by atoms with Crippen molar-refractivity contribution in [3.63, 3.8) is 0 Å². The van der Waals surface area contributed by atoms with Crippen molar-refractivity contribution < 1.29 is 77.3 Å². The number of ether oxygens (including phenoxy) is 1. The van der Waals surface area contributed by atoms with E-state index in [1.807, 2.05) is 121 Å². The molecular formula is C87H114N16O16. The number of unbranched alkanes of at least 4 members (excludes halogenated alkanes) is 4. The second kappa shape index (κ2) is 43.0. The van der Waals surface area contributed by atoms with E-state index < -0.39 is 150 Å². The van der Waals surface area contributed by atoms with Crippen molar-refractivity contribution in [3.8, 4) is 5.75 Å². The van der Waals surface area contributed by atoms with Gasteiger partial charge in [0.05, 0.1) is 42.4 Å². The van der Waals surface area contributed by atoms with Crippen LogP contribution in [0, 0.1) is 23.7 Å². The summed E-state index contributed by atoms with van der Waals surface area (Å²) in [6, 6.07) is 35.1. The number of carboxylic acids is 1. The molecule has 4 aliphatic carbocycles. The molecule has 11 rings (SSSR count). The highest BCUT2D eigenvalue weighted by Crippen LogP contribution is 2.45. The Morgan fingerprint density at radius 3 is 1.03 bits per heavy atom. The van der Waals surface area contributed by atoms with Crippen LogP contribution in [-0.4, -0.2) is 223 Å². The Bertz CT molecular complexity index is 4210. The van der Waals surface area contributed by atoms with E-state index in [-0.39, 0.29) is 143 Å². The molecule has 5 aromatic carbocycles. The number of aliphatic carboxylic acids is 1. The van der Waals surface area contributed by atoms with E-state index in [0.717, 1.165) is 22.3 Å². The number of aliphatic hydroxyl groups excluding tert-OH is 1. The second-order valence-corrected chi connectivity index (χ2v) is 32.1. The van der Waals surface area contributed by atoms with Gasteiger partial charge in [0, 0.05) is 79.6 Å². The van der Waals surface area contributed by atoms with Gasteiger partial charge in [-0.2, -0.15) is 0 Å². The van der Waals surface area contributed by atoms with Crippen LogP contribution in [0.3, 0.4) is 0 Å². The zero-order chi connectivity index (χ0) is 84.7. The molecule has 32 nitrogen and oxygen atoms in total. The number of nitrogens with one attached hydrogen (secondary N) is 10. The highest BCUT2D eigenvalue weighted by atomic mass is 16.5. The quantitative estimate of drug-likeness (QED) is 0.0244. The molecule has 0 radical (unpaired) electrons. The Balaban J connectivity index is 0.787. The molecule has 0 bridgehead atoms. The minimum Gasteiger partial charge on any atom is -0.483 e. The zero-order valence-corrected chi connectivity index (χ0v) is 67.0. The van der Waals surface area contributed by atoms with Crippen LogP contribution in [0.15, 0.2) is 140 Å². The average Bonchev–Trinajstić information content (AvgIpc) is 1.63. The van der Waals surface area contributed by atoms with Gasteiger partial charge in [0.25, 0.3) is 17.7 Å². The Labute approximate surface area is 692 Å². The molecular weight excluding hydrogens is 1530 g/mol. The lowest BCUT2D eigenvalue weighted by atomic mass is 9.94. The Morgan fingerprint density at radius 1 is 0.387 bits per heavy atom. The molecule has 0 spiro atoms. The molecule has 2 aliphatic heterocycles. The van der Waals surface area contributed by atoms with Crippen LogP contribution < -0.4 is 80.8 Å². The summed E-state index contributed by atoms with van der Waals surface area (Å²) in [7, 11) is 0. The summed E-state index contributed by atoms with van der Waals surface area (Å²) in [5.41, 5.74) is 26.9. The fourth-order valence-corrected chi connectivity index (χ4v) is 16.1. The van der Waals surface area contributed by atoms with E-state index in [2.05, 4.69) is 53.2 Å². The maximum absolute atomic E-state index is 15.3. The summed E-state index contributed by atoms with van der Waals surface area (Å²) in [4.78, 5) is 188. The van der Waals surface area contributed by atoms with E-state index in [9.17, 15) is 63.0 Å². The topological polar surface area (TPSA) is 502 Å².